The molecule has 0 saturated heterocycles. The van der Waals surface area contributed by atoms with E-state index in [9.17, 15) is 4.79 Å². The molecule has 0 spiro atoms. The second-order valence-electron chi connectivity index (χ2n) is 3.90. The Bertz CT molecular complexity index is 728. The Hall–Kier alpha value is -1.30. The summed E-state index contributed by atoms with van der Waals surface area (Å²) in [5, 5.41) is 12.3. The van der Waals surface area contributed by atoms with Gasteiger partial charge in [-0.3, -0.25) is 4.79 Å². The number of amides is 1. The second kappa shape index (κ2) is 7.11. The zero-order chi connectivity index (χ0) is 15.4. The van der Waals surface area contributed by atoms with Crippen molar-refractivity contribution in [3.05, 3.63) is 54.9 Å². The molecule has 106 valence electrons. The van der Waals surface area contributed by atoms with Crippen molar-refractivity contribution in [3.63, 3.8) is 0 Å². The third-order valence-electron chi connectivity index (χ3n) is 2.42. The van der Waals surface area contributed by atoms with Crippen LogP contribution in [0.15, 0.2) is 44.8 Å². The second-order valence-corrected chi connectivity index (χ2v) is 6.17. The average molecular weight is 477 g/mol. The quantitative estimate of drug-likeness (QED) is 0.391. The number of carbonyl (C=O) groups is 1. The van der Waals surface area contributed by atoms with Crippen molar-refractivity contribution < 1.29 is 9.21 Å². The first kappa shape index (κ1) is 16.1. The van der Waals surface area contributed by atoms with E-state index < -0.39 is 5.91 Å². The van der Waals surface area contributed by atoms with Crippen LogP contribution < -0.4 is 5.32 Å². The Morgan fingerprint density at radius 3 is 2.62 bits per heavy atom. The minimum Gasteiger partial charge on any atom is -0.450 e. The number of hydrogen-bond donors (Lipinski definition) is 1. The maximum Gasteiger partial charge on any atom is 0.266 e. The molecule has 1 aromatic heterocycles. The van der Waals surface area contributed by atoms with Crippen LogP contribution in [0.2, 0.25) is 5.02 Å². The Morgan fingerprint density at radius 1 is 1.43 bits per heavy atom. The van der Waals surface area contributed by atoms with Gasteiger partial charge in [0, 0.05) is 39.4 Å². The summed E-state index contributed by atoms with van der Waals surface area (Å²) in [6, 6.07) is 10.2. The average Bonchev–Trinajstić information content (AvgIpc) is 2.77. The standard InChI is InChI=1S/C14H7BrClIN2O2/c15-12-6-11(21-13(12)17)5-8(7-18)14(20)19-10-3-1-9(16)2-4-10/h1-6H,(H,19,20)/b8-5+. The number of benzene rings is 1. The van der Waals surface area contributed by atoms with Gasteiger partial charge in [-0.05, 0) is 46.3 Å². The summed E-state index contributed by atoms with van der Waals surface area (Å²) in [4.78, 5) is 12.0. The van der Waals surface area contributed by atoms with Gasteiger partial charge >= 0.3 is 0 Å². The van der Waals surface area contributed by atoms with E-state index >= 15 is 0 Å². The minimum atomic E-state index is -0.512. The highest BCUT2D eigenvalue weighted by molar-refractivity contribution is 14.1. The van der Waals surface area contributed by atoms with Crippen molar-refractivity contribution in [1.29, 1.82) is 5.26 Å². The number of nitrogens with zero attached hydrogens (tertiary/aromatic N) is 1. The van der Waals surface area contributed by atoms with Crippen LogP contribution in [0.1, 0.15) is 5.76 Å². The van der Waals surface area contributed by atoms with E-state index in [1.165, 1.54) is 6.08 Å². The van der Waals surface area contributed by atoms with Gasteiger partial charge < -0.3 is 9.73 Å². The van der Waals surface area contributed by atoms with Crippen molar-refractivity contribution >= 4 is 67.8 Å². The molecule has 0 bridgehead atoms. The van der Waals surface area contributed by atoms with Gasteiger partial charge in [-0.1, -0.05) is 11.6 Å². The summed E-state index contributed by atoms with van der Waals surface area (Å²) in [6.45, 7) is 0. The van der Waals surface area contributed by atoms with Crippen molar-refractivity contribution in [2.45, 2.75) is 0 Å². The molecule has 0 unspecified atom stereocenters. The van der Waals surface area contributed by atoms with Crippen LogP contribution in [0.3, 0.4) is 0 Å². The monoisotopic (exact) mass is 476 g/mol. The van der Waals surface area contributed by atoms with Gasteiger partial charge in [-0.2, -0.15) is 5.26 Å². The van der Waals surface area contributed by atoms with Crippen LogP contribution in [0.4, 0.5) is 5.69 Å². The normalized spacial score (nSPS) is 11.0. The summed E-state index contributed by atoms with van der Waals surface area (Å²) >= 11 is 11.1. The fourth-order valence-corrected chi connectivity index (χ4v) is 2.30. The van der Waals surface area contributed by atoms with Gasteiger partial charge in [0.2, 0.25) is 0 Å². The number of furan rings is 1. The fraction of sp³-hybridized carbons (Fsp3) is 0. The lowest BCUT2D eigenvalue weighted by atomic mass is 10.2. The van der Waals surface area contributed by atoms with Gasteiger partial charge in [0.1, 0.15) is 17.4 Å². The molecule has 1 amide bonds. The molecule has 0 aliphatic carbocycles. The van der Waals surface area contributed by atoms with Crippen LogP contribution in [-0.4, -0.2) is 5.91 Å². The summed E-state index contributed by atoms with van der Waals surface area (Å²) in [6.07, 6.45) is 1.39. The highest BCUT2D eigenvalue weighted by Gasteiger charge is 2.12. The van der Waals surface area contributed by atoms with Crippen molar-refractivity contribution in [3.8, 4) is 6.07 Å². The lowest BCUT2D eigenvalue weighted by Gasteiger charge is -2.03. The van der Waals surface area contributed by atoms with E-state index in [0.717, 1.165) is 4.47 Å². The number of rotatable bonds is 3. The van der Waals surface area contributed by atoms with E-state index in [-0.39, 0.29) is 5.57 Å². The third kappa shape index (κ3) is 4.33. The molecule has 1 heterocycles. The Kier molecular flexibility index (Phi) is 5.45. The number of hydrogen-bond acceptors (Lipinski definition) is 3. The predicted molar refractivity (Wildman–Crippen MR) is 92.8 cm³/mol. The molecule has 21 heavy (non-hydrogen) atoms. The molecule has 4 nitrogen and oxygen atoms in total. The molecule has 0 aliphatic heterocycles. The van der Waals surface area contributed by atoms with Crippen LogP contribution in [-0.2, 0) is 4.79 Å². The molecule has 0 fully saturated rings. The van der Waals surface area contributed by atoms with Gasteiger partial charge in [-0.15, -0.1) is 0 Å². The smallest absolute Gasteiger partial charge is 0.266 e. The SMILES string of the molecule is N#C/C(=C\c1cc(Br)c(I)o1)C(=O)Nc1ccc(Cl)cc1. The molecule has 0 atom stereocenters. The van der Waals surface area contributed by atoms with Crippen molar-refractivity contribution in [2.24, 2.45) is 0 Å². The molecule has 0 radical (unpaired) electrons. The van der Waals surface area contributed by atoms with Gasteiger partial charge in [0.15, 0.2) is 3.77 Å². The Morgan fingerprint density at radius 2 is 2.10 bits per heavy atom. The number of nitriles is 1. The molecule has 1 N–H and O–H groups in total. The topological polar surface area (TPSA) is 66.0 Å². The van der Waals surface area contributed by atoms with E-state index in [1.807, 2.05) is 28.7 Å². The van der Waals surface area contributed by atoms with E-state index in [4.69, 9.17) is 21.3 Å². The predicted octanol–water partition coefficient (Wildman–Crippen LogP) is 4.85. The fourth-order valence-electron chi connectivity index (χ4n) is 1.46. The van der Waals surface area contributed by atoms with Crippen LogP contribution >= 0.6 is 50.1 Å². The lowest BCUT2D eigenvalue weighted by Crippen LogP contribution is -2.13. The van der Waals surface area contributed by atoms with Crippen LogP contribution in [0.25, 0.3) is 6.08 Å². The minimum absolute atomic E-state index is 0.0531. The van der Waals surface area contributed by atoms with E-state index in [1.54, 1.807) is 30.3 Å². The molecule has 0 aliphatic rings. The van der Waals surface area contributed by atoms with Crippen molar-refractivity contribution in [2.75, 3.05) is 5.32 Å². The first-order valence-corrected chi connectivity index (χ1v) is 7.88. The molecule has 1 aromatic carbocycles. The largest absolute Gasteiger partial charge is 0.450 e. The maximum atomic E-state index is 12.0. The molecule has 0 saturated carbocycles. The van der Waals surface area contributed by atoms with Gasteiger partial charge in [0.25, 0.3) is 5.91 Å². The van der Waals surface area contributed by atoms with Crippen molar-refractivity contribution in [1.82, 2.24) is 0 Å². The zero-order valence-electron chi connectivity index (χ0n) is 10.4. The highest BCUT2D eigenvalue weighted by atomic mass is 127. The van der Waals surface area contributed by atoms with Gasteiger partial charge in [-0.25, -0.2) is 0 Å². The van der Waals surface area contributed by atoms with Crippen LogP contribution in [0.5, 0.6) is 0 Å². The zero-order valence-corrected chi connectivity index (χ0v) is 14.9. The summed E-state index contributed by atoms with van der Waals surface area (Å²) in [5.41, 5.74) is 0.503. The van der Waals surface area contributed by atoms with E-state index in [2.05, 4.69) is 21.2 Å². The Balaban J connectivity index is 2.19. The molecular formula is C14H7BrClIN2O2. The van der Waals surface area contributed by atoms with Crippen LogP contribution in [0, 0.1) is 15.1 Å². The number of anilines is 1. The summed E-state index contributed by atoms with van der Waals surface area (Å²) < 4.78 is 6.79. The van der Waals surface area contributed by atoms with E-state index in [0.29, 0.717) is 20.2 Å². The Labute approximate surface area is 148 Å². The molecule has 7 heteroatoms. The van der Waals surface area contributed by atoms with Gasteiger partial charge in [0.05, 0.1) is 4.47 Å². The highest BCUT2D eigenvalue weighted by Crippen LogP contribution is 2.24. The molecule has 2 rings (SSSR count). The summed E-state index contributed by atoms with van der Waals surface area (Å²) in [5.74, 6) is -0.0866. The maximum absolute atomic E-state index is 12.0. The molecular weight excluding hydrogens is 470 g/mol. The lowest BCUT2D eigenvalue weighted by molar-refractivity contribution is -0.112. The summed E-state index contributed by atoms with van der Waals surface area (Å²) in [7, 11) is 0. The third-order valence-corrected chi connectivity index (χ3v) is 4.80. The number of halogens is 3. The molecule has 2 aromatic rings. The number of nitrogens with one attached hydrogen (secondary N) is 1. The first-order chi connectivity index (χ1) is 9.99. The first-order valence-electron chi connectivity index (χ1n) is 5.63. The number of carbonyl (C=O) groups excluding carboxylic acids is 1.